The number of hydrogen-bond acceptors (Lipinski definition) is 2. The van der Waals surface area contributed by atoms with Gasteiger partial charge in [0.1, 0.15) is 0 Å². The van der Waals surface area contributed by atoms with Crippen LogP contribution in [0.4, 0.5) is 0 Å². The summed E-state index contributed by atoms with van der Waals surface area (Å²) in [6.07, 6.45) is 2.38. The Hall–Kier alpha value is -0.600. The van der Waals surface area contributed by atoms with E-state index in [0.717, 1.165) is 4.47 Å². The third kappa shape index (κ3) is 3.46. The van der Waals surface area contributed by atoms with Crippen molar-refractivity contribution in [3.8, 4) is 6.07 Å². The average Bonchev–Trinajstić information content (AvgIpc) is 2.21. The van der Waals surface area contributed by atoms with E-state index in [1.165, 1.54) is 0 Å². The molecule has 0 saturated carbocycles. The lowest BCUT2D eigenvalue weighted by atomic mass is 9.91. The Labute approximate surface area is 111 Å². The van der Waals surface area contributed by atoms with E-state index in [9.17, 15) is 4.79 Å². The van der Waals surface area contributed by atoms with E-state index in [2.05, 4.69) is 37.9 Å². The van der Waals surface area contributed by atoms with Crippen LogP contribution in [0.15, 0.2) is 26.0 Å². The molecule has 0 unspecified atom stereocenters. The molecule has 0 spiro atoms. The fourth-order valence-corrected chi connectivity index (χ4v) is 2.44. The second kappa shape index (κ2) is 5.15. The van der Waals surface area contributed by atoms with Crippen molar-refractivity contribution in [1.29, 1.82) is 5.26 Å². The number of aryl methyl sites for hydroxylation is 1. The first-order valence-corrected chi connectivity index (χ1v) is 6.41. The lowest BCUT2D eigenvalue weighted by molar-refractivity contribution is 0.409. The van der Waals surface area contributed by atoms with Crippen molar-refractivity contribution in [1.82, 2.24) is 4.57 Å². The van der Waals surface area contributed by atoms with Crippen molar-refractivity contribution in [2.75, 3.05) is 0 Å². The predicted octanol–water partition coefficient (Wildman–Crippen LogP) is 3.31. The van der Waals surface area contributed by atoms with Gasteiger partial charge in [0.15, 0.2) is 0 Å². The summed E-state index contributed by atoms with van der Waals surface area (Å²) in [4.78, 5) is 11.7. The number of pyridine rings is 1. The van der Waals surface area contributed by atoms with Gasteiger partial charge in [-0.2, -0.15) is 5.26 Å². The second-order valence-electron chi connectivity index (χ2n) is 4.25. The van der Waals surface area contributed by atoms with Crippen molar-refractivity contribution < 1.29 is 0 Å². The first-order chi connectivity index (χ1) is 7.35. The van der Waals surface area contributed by atoms with Gasteiger partial charge in [0.25, 0.3) is 5.56 Å². The van der Waals surface area contributed by atoms with E-state index in [4.69, 9.17) is 5.26 Å². The maximum atomic E-state index is 11.7. The summed E-state index contributed by atoms with van der Waals surface area (Å²) in [6.45, 7) is 4.27. The summed E-state index contributed by atoms with van der Waals surface area (Å²) in [5.41, 5.74) is -0.481. The molecule has 1 aromatic rings. The van der Waals surface area contributed by atoms with Crippen LogP contribution in [0.3, 0.4) is 0 Å². The molecule has 0 radical (unpaired) electrons. The van der Waals surface area contributed by atoms with E-state index < -0.39 is 5.41 Å². The van der Waals surface area contributed by atoms with Crippen molar-refractivity contribution in [3.63, 3.8) is 0 Å². The van der Waals surface area contributed by atoms with E-state index in [-0.39, 0.29) is 5.56 Å². The zero-order valence-electron chi connectivity index (χ0n) is 9.13. The highest BCUT2D eigenvalue weighted by Crippen LogP contribution is 2.20. The summed E-state index contributed by atoms with van der Waals surface area (Å²) < 4.78 is 2.97. The first kappa shape index (κ1) is 13.5. The van der Waals surface area contributed by atoms with Crippen molar-refractivity contribution >= 4 is 31.9 Å². The average molecular weight is 348 g/mol. The minimum absolute atomic E-state index is 0.0723. The molecule has 0 N–H and O–H groups in total. The predicted molar refractivity (Wildman–Crippen MR) is 70.1 cm³/mol. The third-order valence-electron chi connectivity index (χ3n) is 2.29. The van der Waals surface area contributed by atoms with Gasteiger partial charge in [-0.1, -0.05) is 0 Å². The molecular weight excluding hydrogens is 336 g/mol. The fraction of sp³-hybridized carbons (Fsp3) is 0.455. The summed E-state index contributed by atoms with van der Waals surface area (Å²) in [6, 6.07) is 3.94. The summed E-state index contributed by atoms with van der Waals surface area (Å²) in [5, 5.41) is 8.89. The monoisotopic (exact) mass is 346 g/mol. The number of nitrogens with zero attached hydrogens (tertiary/aromatic N) is 2. The molecule has 1 heterocycles. The molecule has 0 aliphatic heterocycles. The molecule has 0 aliphatic rings. The number of rotatable bonds is 3. The molecule has 86 valence electrons. The van der Waals surface area contributed by atoms with Crippen LogP contribution < -0.4 is 5.56 Å². The second-order valence-corrected chi connectivity index (χ2v) is 6.02. The standard InChI is InChI=1S/C11H12Br2N2O/c1-11(2,7-14)3-4-15-6-8(12)5-9(13)10(15)16/h5-6H,3-4H2,1-2H3. The van der Waals surface area contributed by atoms with Gasteiger partial charge in [-0.05, 0) is 58.2 Å². The molecule has 5 heteroatoms. The largest absolute Gasteiger partial charge is 0.313 e. The molecule has 16 heavy (non-hydrogen) atoms. The summed E-state index contributed by atoms with van der Waals surface area (Å²) >= 11 is 6.54. The number of aromatic nitrogens is 1. The molecular formula is C11H12Br2N2O. The highest BCUT2D eigenvalue weighted by atomic mass is 79.9. The normalized spacial score (nSPS) is 11.2. The first-order valence-electron chi connectivity index (χ1n) is 4.82. The molecule has 1 rings (SSSR count). The Bertz CT molecular complexity index is 486. The molecule has 0 aliphatic carbocycles. The number of halogens is 2. The molecule has 0 saturated heterocycles. The molecule has 0 amide bonds. The van der Waals surface area contributed by atoms with Crippen LogP contribution in [0.1, 0.15) is 20.3 Å². The quantitative estimate of drug-likeness (QED) is 0.842. The molecule has 3 nitrogen and oxygen atoms in total. The van der Waals surface area contributed by atoms with Gasteiger partial charge in [0.05, 0.1) is 16.0 Å². The SMILES string of the molecule is CC(C)(C#N)CCn1cc(Br)cc(Br)c1=O. The van der Waals surface area contributed by atoms with E-state index in [1.54, 1.807) is 16.8 Å². The van der Waals surface area contributed by atoms with Crippen molar-refractivity contribution in [2.24, 2.45) is 5.41 Å². The smallest absolute Gasteiger partial charge is 0.264 e. The molecule has 0 atom stereocenters. The van der Waals surface area contributed by atoms with Crippen LogP contribution in [0, 0.1) is 16.7 Å². The van der Waals surface area contributed by atoms with Crippen molar-refractivity contribution in [2.45, 2.75) is 26.8 Å². The Morgan fingerprint density at radius 3 is 2.69 bits per heavy atom. The summed E-state index contributed by atoms with van der Waals surface area (Å²) in [5.74, 6) is 0. The Morgan fingerprint density at radius 1 is 1.50 bits per heavy atom. The van der Waals surface area contributed by atoms with Gasteiger partial charge in [-0.25, -0.2) is 0 Å². The van der Waals surface area contributed by atoms with Crippen LogP contribution in [0.2, 0.25) is 0 Å². The maximum absolute atomic E-state index is 11.7. The van der Waals surface area contributed by atoms with Crippen LogP contribution in [0.5, 0.6) is 0 Å². The highest BCUT2D eigenvalue weighted by Gasteiger charge is 2.16. The molecule has 0 bridgehead atoms. The van der Waals surface area contributed by atoms with E-state index in [0.29, 0.717) is 17.4 Å². The lowest BCUT2D eigenvalue weighted by Gasteiger charge is -2.16. The Balaban J connectivity index is 2.92. The van der Waals surface area contributed by atoms with Gasteiger partial charge >= 0.3 is 0 Å². The Morgan fingerprint density at radius 2 is 2.12 bits per heavy atom. The lowest BCUT2D eigenvalue weighted by Crippen LogP contribution is -2.23. The van der Waals surface area contributed by atoms with E-state index in [1.807, 2.05) is 13.8 Å². The zero-order chi connectivity index (χ0) is 12.3. The van der Waals surface area contributed by atoms with Gasteiger partial charge in [-0.3, -0.25) is 4.79 Å². The molecule has 1 aromatic heterocycles. The van der Waals surface area contributed by atoms with Gasteiger partial charge < -0.3 is 4.57 Å². The molecule has 0 fully saturated rings. The third-order valence-corrected chi connectivity index (χ3v) is 3.29. The van der Waals surface area contributed by atoms with Crippen LogP contribution in [-0.4, -0.2) is 4.57 Å². The van der Waals surface area contributed by atoms with Gasteiger partial charge in [-0.15, -0.1) is 0 Å². The van der Waals surface area contributed by atoms with Gasteiger partial charge in [0.2, 0.25) is 0 Å². The fourth-order valence-electron chi connectivity index (χ4n) is 1.19. The molecule has 0 aromatic carbocycles. The van der Waals surface area contributed by atoms with Crippen LogP contribution in [-0.2, 0) is 6.54 Å². The topological polar surface area (TPSA) is 45.8 Å². The minimum atomic E-state index is -0.408. The maximum Gasteiger partial charge on any atom is 0.264 e. The van der Waals surface area contributed by atoms with Crippen LogP contribution >= 0.6 is 31.9 Å². The minimum Gasteiger partial charge on any atom is -0.313 e. The number of hydrogen-bond donors (Lipinski definition) is 0. The Kier molecular flexibility index (Phi) is 4.34. The highest BCUT2D eigenvalue weighted by molar-refractivity contribution is 9.11. The van der Waals surface area contributed by atoms with Gasteiger partial charge in [0, 0.05) is 17.2 Å². The van der Waals surface area contributed by atoms with Crippen molar-refractivity contribution in [3.05, 3.63) is 31.6 Å². The van der Waals surface area contributed by atoms with Crippen LogP contribution in [0.25, 0.3) is 0 Å². The number of nitriles is 1. The summed E-state index contributed by atoms with van der Waals surface area (Å²) in [7, 11) is 0. The van der Waals surface area contributed by atoms with E-state index >= 15 is 0 Å². The zero-order valence-corrected chi connectivity index (χ0v) is 12.3.